The van der Waals surface area contributed by atoms with E-state index >= 15 is 0 Å². The number of amides is 3. The lowest BCUT2D eigenvalue weighted by atomic mass is 10.3. The Hall–Kier alpha value is -2.44. The summed E-state index contributed by atoms with van der Waals surface area (Å²) in [5.74, 6) is 1.49. The topological polar surface area (TPSA) is 71.1 Å². The maximum absolute atomic E-state index is 12.0. The van der Waals surface area contributed by atoms with Gasteiger partial charge in [-0.25, -0.2) is 4.79 Å². The minimum atomic E-state index is -0.181. The SMILES string of the molecule is CCOc1ccc(OCNC(=O)N2CCN(C(C)=O)CC2)cc1. The Bertz CT molecular complexity index is 525. The number of rotatable bonds is 5. The van der Waals surface area contributed by atoms with Gasteiger partial charge in [-0.3, -0.25) is 4.79 Å². The molecule has 3 amide bonds. The van der Waals surface area contributed by atoms with E-state index in [0.717, 1.165) is 5.75 Å². The van der Waals surface area contributed by atoms with Crippen LogP contribution in [0.5, 0.6) is 11.5 Å². The molecule has 23 heavy (non-hydrogen) atoms. The number of piperazine rings is 1. The van der Waals surface area contributed by atoms with Gasteiger partial charge in [-0.15, -0.1) is 0 Å². The van der Waals surface area contributed by atoms with Crippen molar-refractivity contribution < 1.29 is 19.1 Å². The van der Waals surface area contributed by atoms with Crippen LogP contribution in [0.15, 0.2) is 24.3 Å². The lowest BCUT2D eigenvalue weighted by Crippen LogP contribution is -2.53. The van der Waals surface area contributed by atoms with E-state index in [9.17, 15) is 9.59 Å². The molecule has 0 bridgehead atoms. The third-order valence-corrected chi connectivity index (χ3v) is 3.61. The highest BCUT2D eigenvalue weighted by Crippen LogP contribution is 2.17. The number of hydrogen-bond acceptors (Lipinski definition) is 4. The standard InChI is InChI=1S/C16H23N3O4/c1-3-22-14-4-6-15(7-5-14)23-12-17-16(21)19-10-8-18(9-11-19)13(2)20/h4-7H,3,8-12H2,1-2H3,(H,17,21). The molecule has 1 aromatic rings. The number of carbonyl (C=O) groups is 2. The number of nitrogens with zero attached hydrogens (tertiary/aromatic N) is 2. The van der Waals surface area contributed by atoms with E-state index in [1.807, 2.05) is 19.1 Å². The number of nitrogens with one attached hydrogen (secondary N) is 1. The van der Waals surface area contributed by atoms with Gasteiger partial charge in [0.2, 0.25) is 5.91 Å². The maximum Gasteiger partial charge on any atom is 0.320 e. The Kier molecular flexibility index (Phi) is 6.08. The van der Waals surface area contributed by atoms with E-state index in [0.29, 0.717) is 38.5 Å². The average molecular weight is 321 g/mol. The highest BCUT2D eigenvalue weighted by molar-refractivity contribution is 5.76. The van der Waals surface area contributed by atoms with Crippen molar-refractivity contribution in [1.29, 1.82) is 0 Å². The van der Waals surface area contributed by atoms with Crippen LogP contribution >= 0.6 is 0 Å². The van der Waals surface area contributed by atoms with Crippen LogP contribution in [-0.2, 0) is 4.79 Å². The molecule has 1 fully saturated rings. The minimum absolute atomic E-state index is 0.0453. The summed E-state index contributed by atoms with van der Waals surface area (Å²) in [6.45, 7) is 6.40. The summed E-state index contributed by atoms with van der Waals surface area (Å²) in [5.41, 5.74) is 0. The molecular weight excluding hydrogens is 298 g/mol. The summed E-state index contributed by atoms with van der Waals surface area (Å²) in [6.07, 6.45) is 0. The first kappa shape index (κ1) is 16.9. The van der Waals surface area contributed by atoms with Crippen LogP contribution in [0.25, 0.3) is 0 Å². The van der Waals surface area contributed by atoms with Gasteiger partial charge in [-0.05, 0) is 31.2 Å². The first-order valence-electron chi connectivity index (χ1n) is 7.74. The molecule has 7 nitrogen and oxygen atoms in total. The summed E-state index contributed by atoms with van der Waals surface area (Å²) < 4.78 is 10.8. The molecule has 1 saturated heterocycles. The number of hydrogen-bond donors (Lipinski definition) is 1. The van der Waals surface area contributed by atoms with E-state index in [4.69, 9.17) is 9.47 Å². The van der Waals surface area contributed by atoms with Gasteiger partial charge in [0.1, 0.15) is 11.5 Å². The number of benzene rings is 1. The largest absolute Gasteiger partial charge is 0.494 e. The number of ether oxygens (including phenoxy) is 2. The molecule has 1 aliphatic rings. The fraction of sp³-hybridized carbons (Fsp3) is 0.500. The zero-order chi connectivity index (χ0) is 16.7. The summed E-state index contributed by atoms with van der Waals surface area (Å²) in [6, 6.07) is 7.05. The lowest BCUT2D eigenvalue weighted by Gasteiger charge is -2.34. The van der Waals surface area contributed by atoms with Gasteiger partial charge in [0.05, 0.1) is 6.61 Å². The van der Waals surface area contributed by atoms with Crippen molar-refractivity contribution in [2.24, 2.45) is 0 Å². The molecule has 1 heterocycles. The molecule has 1 aromatic carbocycles. The van der Waals surface area contributed by atoms with Crippen LogP contribution in [0.4, 0.5) is 4.79 Å². The first-order valence-corrected chi connectivity index (χ1v) is 7.74. The molecule has 7 heteroatoms. The minimum Gasteiger partial charge on any atom is -0.494 e. The maximum atomic E-state index is 12.0. The van der Waals surface area contributed by atoms with Gasteiger partial charge >= 0.3 is 6.03 Å². The van der Waals surface area contributed by atoms with Crippen molar-refractivity contribution in [2.45, 2.75) is 13.8 Å². The summed E-state index contributed by atoms with van der Waals surface area (Å²) >= 11 is 0. The third-order valence-electron chi connectivity index (χ3n) is 3.61. The van der Waals surface area contributed by atoms with Gasteiger partial charge in [0, 0.05) is 33.1 Å². The Labute approximate surface area is 136 Å². The fourth-order valence-electron chi connectivity index (χ4n) is 2.32. The summed E-state index contributed by atoms with van der Waals surface area (Å²) in [4.78, 5) is 26.7. The second kappa shape index (κ2) is 8.26. The van der Waals surface area contributed by atoms with Crippen LogP contribution < -0.4 is 14.8 Å². The van der Waals surface area contributed by atoms with Crippen molar-refractivity contribution in [3.8, 4) is 11.5 Å². The first-order chi connectivity index (χ1) is 11.1. The fourth-order valence-corrected chi connectivity index (χ4v) is 2.32. The number of urea groups is 1. The predicted octanol–water partition coefficient (Wildman–Crippen LogP) is 1.30. The Morgan fingerprint density at radius 2 is 1.52 bits per heavy atom. The lowest BCUT2D eigenvalue weighted by molar-refractivity contribution is -0.130. The molecule has 1 aliphatic heterocycles. The van der Waals surface area contributed by atoms with Crippen molar-refractivity contribution in [1.82, 2.24) is 15.1 Å². The highest BCUT2D eigenvalue weighted by Gasteiger charge is 2.21. The van der Waals surface area contributed by atoms with Gasteiger partial charge in [-0.2, -0.15) is 0 Å². The molecule has 0 spiro atoms. The van der Waals surface area contributed by atoms with Gasteiger partial charge in [-0.1, -0.05) is 0 Å². The summed E-state index contributed by atoms with van der Waals surface area (Å²) in [7, 11) is 0. The van der Waals surface area contributed by atoms with E-state index < -0.39 is 0 Å². The Morgan fingerprint density at radius 1 is 1.00 bits per heavy atom. The van der Waals surface area contributed by atoms with E-state index in [-0.39, 0.29) is 18.7 Å². The van der Waals surface area contributed by atoms with Gasteiger partial charge < -0.3 is 24.6 Å². The van der Waals surface area contributed by atoms with E-state index in [1.165, 1.54) is 0 Å². The Morgan fingerprint density at radius 3 is 2.04 bits per heavy atom. The molecule has 0 aromatic heterocycles. The summed E-state index contributed by atoms with van der Waals surface area (Å²) in [5, 5.41) is 2.71. The van der Waals surface area contributed by atoms with Crippen LogP contribution in [0.3, 0.4) is 0 Å². The van der Waals surface area contributed by atoms with Crippen molar-refractivity contribution in [3.05, 3.63) is 24.3 Å². The molecule has 0 radical (unpaired) electrons. The average Bonchev–Trinajstić information content (AvgIpc) is 2.56. The van der Waals surface area contributed by atoms with Gasteiger partial charge in [0.25, 0.3) is 0 Å². The molecular formula is C16H23N3O4. The molecule has 0 unspecified atom stereocenters. The van der Waals surface area contributed by atoms with Crippen LogP contribution in [-0.4, -0.2) is 61.3 Å². The van der Waals surface area contributed by atoms with Crippen LogP contribution in [0, 0.1) is 0 Å². The smallest absolute Gasteiger partial charge is 0.320 e. The number of carbonyl (C=O) groups excluding carboxylic acids is 2. The van der Waals surface area contributed by atoms with Crippen LogP contribution in [0.1, 0.15) is 13.8 Å². The van der Waals surface area contributed by atoms with Crippen molar-refractivity contribution >= 4 is 11.9 Å². The van der Waals surface area contributed by atoms with E-state index in [1.54, 1.807) is 28.9 Å². The van der Waals surface area contributed by atoms with Crippen LogP contribution in [0.2, 0.25) is 0 Å². The van der Waals surface area contributed by atoms with Crippen molar-refractivity contribution in [2.75, 3.05) is 39.5 Å². The van der Waals surface area contributed by atoms with Gasteiger partial charge in [0.15, 0.2) is 6.73 Å². The molecule has 1 N–H and O–H groups in total. The molecule has 0 aliphatic carbocycles. The second-order valence-corrected chi connectivity index (χ2v) is 5.17. The van der Waals surface area contributed by atoms with Crippen molar-refractivity contribution in [3.63, 3.8) is 0 Å². The zero-order valence-corrected chi connectivity index (χ0v) is 13.6. The monoisotopic (exact) mass is 321 g/mol. The highest BCUT2D eigenvalue weighted by atomic mass is 16.5. The second-order valence-electron chi connectivity index (χ2n) is 5.17. The third kappa shape index (κ3) is 5.05. The Balaban J connectivity index is 1.69. The predicted molar refractivity (Wildman–Crippen MR) is 85.5 cm³/mol. The molecule has 0 saturated carbocycles. The normalized spacial score (nSPS) is 14.3. The molecule has 2 rings (SSSR count). The zero-order valence-electron chi connectivity index (χ0n) is 13.6. The quantitative estimate of drug-likeness (QED) is 0.830. The molecule has 0 atom stereocenters. The molecule has 126 valence electrons. The van der Waals surface area contributed by atoms with E-state index in [2.05, 4.69) is 5.32 Å².